The van der Waals surface area contributed by atoms with E-state index < -0.39 is 0 Å². The molecule has 0 spiro atoms. The van der Waals surface area contributed by atoms with Crippen molar-refractivity contribution in [2.75, 3.05) is 26.1 Å². The Labute approximate surface area is 101 Å². The fraction of sp³-hybridized carbons (Fsp3) is 0.538. The Hall–Kier alpha value is -1.26. The molecule has 0 bridgehead atoms. The molecule has 92 valence electrons. The number of nitrogen functional groups attached to an aromatic ring is 1. The van der Waals surface area contributed by atoms with Crippen LogP contribution in [0.5, 0.6) is 5.75 Å². The second kappa shape index (κ2) is 4.20. The Bertz CT molecular complexity index is 425. The SMILES string of the molecule is COc1ccc(CC2CO2)c(CC2CO2)c1N. The van der Waals surface area contributed by atoms with Crippen LogP contribution in [0.25, 0.3) is 0 Å². The van der Waals surface area contributed by atoms with E-state index in [9.17, 15) is 0 Å². The van der Waals surface area contributed by atoms with Crippen LogP contribution < -0.4 is 10.5 Å². The highest BCUT2D eigenvalue weighted by Gasteiger charge is 2.29. The van der Waals surface area contributed by atoms with Gasteiger partial charge in [-0.1, -0.05) is 6.07 Å². The van der Waals surface area contributed by atoms with Gasteiger partial charge in [-0.2, -0.15) is 0 Å². The lowest BCUT2D eigenvalue weighted by atomic mass is 9.97. The quantitative estimate of drug-likeness (QED) is 0.614. The molecule has 17 heavy (non-hydrogen) atoms. The molecule has 4 heteroatoms. The Kier molecular flexibility index (Phi) is 2.68. The molecule has 2 heterocycles. The Balaban J connectivity index is 1.90. The highest BCUT2D eigenvalue weighted by Crippen LogP contribution is 2.33. The number of rotatable bonds is 5. The molecule has 0 amide bonds. The summed E-state index contributed by atoms with van der Waals surface area (Å²) in [6.07, 6.45) is 2.53. The van der Waals surface area contributed by atoms with Gasteiger partial charge < -0.3 is 19.9 Å². The van der Waals surface area contributed by atoms with Crippen molar-refractivity contribution in [3.8, 4) is 5.75 Å². The Morgan fingerprint density at radius 3 is 2.47 bits per heavy atom. The minimum Gasteiger partial charge on any atom is -0.495 e. The van der Waals surface area contributed by atoms with Gasteiger partial charge in [0.15, 0.2) is 0 Å². The van der Waals surface area contributed by atoms with Crippen molar-refractivity contribution < 1.29 is 14.2 Å². The van der Waals surface area contributed by atoms with Crippen molar-refractivity contribution in [1.82, 2.24) is 0 Å². The molecule has 0 saturated carbocycles. The average Bonchev–Trinajstić information content (AvgIpc) is 3.18. The van der Waals surface area contributed by atoms with Crippen LogP contribution in [0, 0.1) is 0 Å². The maximum Gasteiger partial charge on any atom is 0.142 e. The number of benzene rings is 1. The fourth-order valence-electron chi connectivity index (χ4n) is 2.14. The van der Waals surface area contributed by atoms with Gasteiger partial charge in [0.25, 0.3) is 0 Å². The molecule has 2 aliphatic heterocycles. The van der Waals surface area contributed by atoms with E-state index in [1.54, 1.807) is 7.11 Å². The number of anilines is 1. The van der Waals surface area contributed by atoms with Crippen LogP contribution in [0.2, 0.25) is 0 Å². The van der Waals surface area contributed by atoms with Crippen LogP contribution in [-0.4, -0.2) is 32.5 Å². The summed E-state index contributed by atoms with van der Waals surface area (Å²) in [5, 5.41) is 0. The molecule has 2 unspecified atom stereocenters. The summed E-state index contributed by atoms with van der Waals surface area (Å²) in [6, 6.07) is 4.03. The van der Waals surface area contributed by atoms with Crippen molar-refractivity contribution in [2.24, 2.45) is 0 Å². The minimum absolute atomic E-state index is 0.336. The summed E-state index contributed by atoms with van der Waals surface area (Å²) in [5.41, 5.74) is 9.33. The number of ether oxygens (including phenoxy) is 3. The summed E-state index contributed by atoms with van der Waals surface area (Å²) < 4.78 is 15.8. The molecule has 1 aromatic rings. The zero-order valence-corrected chi connectivity index (χ0v) is 9.94. The summed E-state index contributed by atoms with van der Waals surface area (Å²) >= 11 is 0. The van der Waals surface area contributed by atoms with Gasteiger partial charge in [-0.25, -0.2) is 0 Å². The van der Waals surface area contributed by atoms with E-state index in [0.29, 0.717) is 12.2 Å². The van der Waals surface area contributed by atoms with E-state index in [1.165, 1.54) is 11.1 Å². The summed E-state index contributed by atoms with van der Waals surface area (Å²) in [4.78, 5) is 0. The number of hydrogen-bond acceptors (Lipinski definition) is 4. The molecule has 2 saturated heterocycles. The van der Waals surface area contributed by atoms with E-state index in [4.69, 9.17) is 19.9 Å². The van der Waals surface area contributed by atoms with Gasteiger partial charge >= 0.3 is 0 Å². The number of nitrogens with two attached hydrogens (primary N) is 1. The summed E-state index contributed by atoms with van der Waals surface area (Å²) in [5.74, 6) is 0.751. The smallest absolute Gasteiger partial charge is 0.142 e. The van der Waals surface area contributed by atoms with Crippen molar-refractivity contribution in [2.45, 2.75) is 25.0 Å². The molecular weight excluding hydrogens is 218 g/mol. The lowest BCUT2D eigenvalue weighted by molar-refractivity contribution is 0.399. The van der Waals surface area contributed by atoms with E-state index >= 15 is 0 Å². The number of epoxide rings is 2. The molecule has 0 aromatic heterocycles. The van der Waals surface area contributed by atoms with Gasteiger partial charge in [-0.3, -0.25) is 0 Å². The largest absolute Gasteiger partial charge is 0.495 e. The first kappa shape index (κ1) is 10.9. The highest BCUT2D eigenvalue weighted by atomic mass is 16.6. The van der Waals surface area contributed by atoms with Gasteiger partial charge in [0.1, 0.15) is 5.75 Å². The normalized spacial score (nSPS) is 25.7. The second-order valence-electron chi connectivity index (χ2n) is 4.64. The Morgan fingerprint density at radius 2 is 1.88 bits per heavy atom. The molecular formula is C13H17NO3. The van der Waals surface area contributed by atoms with Crippen LogP contribution >= 0.6 is 0 Å². The molecule has 2 atom stereocenters. The van der Waals surface area contributed by atoms with Crippen LogP contribution in [-0.2, 0) is 22.3 Å². The third kappa shape index (κ3) is 2.37. The first-order valence-electron chi connectivity index (χ1n) is 5.95. The highest BCUT2D eigenvalue weighted by molar-refractivity contribution is 5.62. The fourth-order valence-corrected chi connectivity index (χ4v) is 2.14. The molecule has 1 aromatic carbocycles. The predicted octanol–water partition coefficient (Wildman–Crippen LogP) is 1.16. The predicted molar refractivity (Wildman–Crippen MR) is 64.3 cm³/mol. The van der Waals surface area contributed by atoms with Gasteiger partial charge in [0.2, 0.25) is 0 Å². The monoisotopic (exact) mass is 235 g/mol. The van der Waals surface area contributed by atoms with Gasteiger partial charge in [0, 0.05) is 12.8 Å². The Morgan fingerprint density at radius 1 is 1.24 bits per heavy atom. The second-order valence-corrected chi connectivity index (χ2v) is 4.64. The first-order chi connectivity index (χ1) is 8.28. The molecule has 0 aliphatic carbocycles. The zero-order valence-electron chi connectivity index (χ0n) is 9.94. The molecule has 2 aliphatic rings. The third-order valence-corrected chi connectivity index (χ3v) is 3.32. The van der Waals surface area contributed by atoms with Crippen LogP contribution in [0.3, 0.4) is 0 Å². The van der Waals surface area contributed by atoms with Gasteiger partial charge in [0.05, 0.1) is 38.2 Å². The van der Waals surface area contributed by atoms with E-state index in [1.807, 2.05) is 6.07 Å². The van der Waals surface area contributed by atoms with Gasteiger partial charge in [-0.15, -0.1) is 0 Å². The van der Waals surface area contributed by atoms with Gasteiger partial charge in [-0.05, 0) is 17.2 Å². The summed E-state index contributed by atoms with van der Waals surface area (Å²) in [6.45, 7) is 1.71. The van der Waals surface area contributed by atoms with Crippen molar-refractivity contribution in [3.63, 3.8) is 0 Å². The van der Waals surface area contributed by atoms with Crippen molar-refractivity contribution in [1.29, 1.82) is 0 Å². The van der Waals surface area contributed by atoms with E-state index in [0.717, 1.165) is 37.5 Å². The topological polar surface area (TPSA) is 60.3 Å². The third-order valence-electron chi connectivity index (χ3n) is 3.32. The lowest BCUT2D eigenvalue weighted by Gasteiger charge is -2.14. The van der Waals surface area contributed by atoms with Crippen LogP contribution in [0.15, 0.2) is 12.1 Å². The molecule has 4 nitrogen and oxygen atoms in total. The maximum atomic E-state index is 6.15. The lowest BCUT2D eigenvalue weighted by Crippen LogP contribution is -2.07. The zero-order chi connectivity index (χ0) is 11.8. The van der Waals surface area contributed by atoms with E-state index in [2.05, 4.69) is 6.07 Å². The minimum atomic E-state index is 0.336. The molecule has 0 radical (unpaired) electrons. The molecule has 2 N–H and O–H groups in total. The standard InChI is InChI=1S/C13H17NO3/c1-15-12-3-2-8(4-9-6-16-9)11(13(12)14)5-10-7-17-10/h2-3,9-10H,4-7,14H2,1H3. The maximum absolute atomic E-state index is 6.15. The molecule has 2 fully saturated rings. The van der Waals surface area contributed by atoms with Crippen LogP contribution in [0.4, 0.5) is 5.69 Å². The first-order valence-corrected chi connectivity index (χ1v) is 5.95. The van der Waals surface area contributed by atoms with E-state index in [-0.39, 0.29) is 0 Å². The number of methoxy groups -OCH3 is 1. The average molecular weight is 235 g/mol. The molecule has 3 rings (SSSR count). The summed E-state index contributed by atoms with van der Waals surface area (Å²) in [7, 11) is 1.65. The number of hydrogen-bond donors (Lipinski definition) is 1. The van der Waals surface area contributed by atoms with Crippen molar-refractivity contribution >= 4 is 5.69 Å². The van der Waals surface area contributed by atoms with Crippen molar-refractivity contribution in [3.05, 3.63) is 23.3 Å². The van der Waals surface area contributed by atoms with Crippen LogP contribution in [0.1, 0.15) is 11.1 Å².